The Hall–Kier alpha value is 0.309. The van der Waals surface area contributed by atoms with E-state index in [1.165, 1.54) is 0 Å². The van der Waals surface area contributed by atoms with Crippen LogP contribution in [0.4, 0.5) is 0 Å². The normalized spacial score (nSPS) is 8.64. The summed E-state index contributed by atoms with van der Waals surface area (Å²) >= 11 is 0. The maximum Gasteiger partial charge on any atom is 0.412 e. The molecule has 0 aromatic heterocycles. The Morgan fingerprint density at radius 2 is 2.00 bits per heavy atom. The van der Waals surface area contributed by atoms with Gasteiger partial charge in [0.2, 0.25) is 0 Å². The molecule has 0 aliphatic carbocycles. The van der Waals surface area contributed by atoms with E-state index in [1.807, 2.05) is 6.92 Å². The van der Waals surface area contributed by atoms with Gasteiger partial charge in [0.25, 0.3) is 0 Å². The fraction of sp³-hybridized carbons (Fsp3) is 0.143. The fourth-order valence-corrected chi connectivity index (χ4v) is 0.675. The van der Waals surface area contributed by atoms with Crippen LogP contribution >= 0.6 is 0 Å². The number of aryl methyl sites for hydroxylation is 1. The first kappa shape index (κ1) is 11.3. The van der Waals surface area contributed by atoms with Crippen LogP contribution in [0, 0.1) is 13.0 Å². The Kier molecular flexibility index (Phi) is 5.18. The molecule has 2 nitrogen and oxygen atoms in total. The van der Waals surface area contributed by atoms with E-state index in [0.717, 1.165) is 5.56 Å². The van der Waals surface area contributed by atoms with Crippen LogP contribution in [0.15, 0.2) is 18.2 Å². The van der Waals surface area contributed by atoms with Crippen LogP contribution in [-0.4, -0.2) is 17.2 Å². The summed E-state index contributed by atoms with van der Waals surface area (Å²) in [6, 6.07) is 7.88. The summed E-state index contributed by atoms with van der Waals surface area (Å²) in [6.07, 6.45) is 0. The molecule has 1 aromatic carbocycles. The van der Waals surface area contributed by atoms with Gasteiger partial charge in [-0.1, -0.05) is 6.92 Å². The van der Waals surface area contributed by atoms with Crippen molar-refractivity contribution in [3.63, 3.8) is 0 Å². The molecule has 0 heterocycles. The van der Waals surface area contributed by atoms with Crippen molar-refractivity contribution in [1.82, 2.24) is 0 Å². The zero-order chi connectivity index (χ0) is 7.56. The van der Waals surface area contributed by atoms with Crippen molar-refractivity contribution in [2.75, 3.05) is 0 Å². The van der Waals surface area contributed by atoms with Crippen molar-refractivity contribution >= 4 is 12.6 Å². The molecule has 0 saturated carbocycles. The van der Waals surface area contributed by atoms with Crippen LogP contribution in [0.2, 0.25) is 0 Å². The van der Waals surface area contributed by atoms with Crippen molar-refractivity contribution in [2.24, 2.45) is 0 Å². The molecule has 0 spiro atoms. The molecule has 0 fully saturated rings. The SMILES string of the molecule is Cc1[c-]cc(B(O)O)cc1.[Y]. The third-order valence-electron chi connectivity index (χ3n) is 1.29. The second-order valence-electron chi connectivity index (χ2n) is 2.18. The molecule has 0 atom stereocenters. The molecule has 0 unspecified atom stereocenters. The van der Waals surface area contributed by atoms with Crippen LogP contribution in [-0.2, 0) is 32.7 Å². The molecule has 55 valence electrons. The molecule has 11 heavy (non-hydrogen) atoms. The van der Waals surface area contributed by atoms with E-state index in [1.54, 1.807) is 18.2 Å². The second-order valence-corrected chi connectivity index (χ2v) is 2.18. The molecule has 1 radical (unpaired) electrons. The average Bonchev–Trinajstić information content (AvgIpc) is 1.88. The minimum atomic E-state index is -1.38. The molecule has 1 rings (SSSR count). The van der Waals surface area contributed by atoms with E-state index in [2.05, 4.69) is 6.07 Å². The first-order valence-electron chi connectivity index (χ1n) is 3.04. The zero-order valence-electron chi connectivity index (χ0n) is 6.28. The van der Waals surface area contributed by atoms with Gasteiger partial charge in [-0.25, -0.2) is 0 Å². The number of benzene rings is 1. The Labute approximate surface area is 91.7 Å². The Morgan fingerprint density at radius 3 is 2.36 bits per heavy atom. The summed E-state index contributed by atoms with van der Waals surface area (Å²) in [5.74, 6) is 0. The van der Waals surface area contributed by atoms with E-state index in [9.17, 15) is 0 Å². The van der Waals surface area contributed by atoms with Crippen molar-refractivity contribution in [3.8, 4) is 0 Å². The van der Waals surface area contributed by atoms with Crippen molar-refractivity contribution in [3.05, 3.63) is 29.8 Å². The molecular formula is C7H8BO2Y-. The van der Waals surface area contributed by atoms with Gasteiger partial charge in [0.1, 0.15) is 0 Å². The minimum Gasteiger partial charge on any atom is -0.434 e. The molecule has 4 heteroatoms. The summed E-state index contributed by atoms with van der Waals surface area (Å²) < 4.78 is 0. The maximum absolute atomic E-state index is 8.65. The molecule has 0 bridgehead atoms. The van der Waals surface area contributed by atoms with Crippen LogP contribution in [0.3, 0.4) is 0 Å². The third kappa shape index (κ3) is 3.48. The minimum absolute atomic E-state index is 0. The summed E-state index contributed by atoms with van der Waals surface area (Å²) in [4.78, 5) is 0. The first-order chi connectivity index (χ1) is 4.70. The molecule has 1 aromatic rings. The Bertz CT molecular complexity index is 210. The van der Waals surface area contributed by atoms with E-state index in [4.69, 9.17) is 10.0 Å². The predicted molar refractivity (Wildman–Crippen MR) is 39.8 cm³/mol. The van der Waals surface area contributed by atoms with E-state index in [0.29, 0.717) is 5.46 Å². The van der Waals surface area contributed by atoms with Crippen molar-refractivity contribution < 1.29 is 42.8 Å². The van der Waals surface area contributed by atoms with Gasteiger partial charge in [-0.3, -0.25) is 0 Å². The fourth-order valence-electron chi connectivity index (χ4n) is 0.675. The van der Waals surface area contributed by atoms with Crippen LogP contribution in [0.1, 0.15) is 5.56 Å². The van der Waals surface area contributed by atoms with E-state index < -0.39 is 7.12 Å². The molecule has 2 N–H and O–H groups in total. The monoisotopic (exact) mass is 224 g/mol. The van der Waals surface area contributed by atoms with Crippen LogP contribution in [0.25, 0.3) is 0 Å². The topological polar surface area (TPSA) is 40.5 Å². The zero-order valence-corrected chi connectivity index (χ0v) is 9.12. The molecule has 0 saturated heterocycles. The van der Waals surface area contributed by atoms with Gasteiger partial charge in [-0.15, -0.1) is 5.46 Å². The third-order valence-corrected chi connectivity index (χ3v) is 1.29. The second kappa shape index (κ2) is 5.04. The largest absolute Gasteiger partial charge is 0.434 e. The summed E-state index contributed by atoms with van der Waals surface area (Å²) in [5.41, 5.74) is 1.47. The quantitative estimate of drug-likeness (QED) is 0.497. The summed E-state index contributed by atoms with van der Waals surface area (Å²) in [5, 5.41) is 17.3. The predicted octanol–water partition coefficient (Wildman–Crippen LogP) is -0.527. The summed E-state index contributed by atoms with van der Waals surface area (Å²) in [6.45, 7) is 1.90. The van der Waals surface area contributed by atoms with Gasteiger partial charge < -0.3 is 10.0 Å². The number of hydrogen-bond acceptors (Lipinski definition) is 2. The molecule has 0 aliphatic rings. The number of rotatable bonds is 1. The van der Waals surface area contributed by atoms with Crippen LogP contribution in [0.5, 0.6) is 0 Å². The van der Waals surface area contributed by atoms with Crippen molar-refractivity contribution in [1.29, 1.82) is 0 Å². The van der Waals surface area contributed by atoms with E-state index >= 15 is 0 Å². The Morgan fingerprint density at radius 1 is 1.36 bits per heavy atom. The molecule has 0 aliphatic heterocycles. The van der Waals surface area contributed by atoms with Gasteiger partial charge in [0.05, 0.1) is 0 Å². The standard InChI is InChI=1S/C7H8BO2.Y/c1-6-2-4-7(5-3-6)8(9)10;/h2,4-5,9-10H,1H3;/q-1;. The van der Waals surface area contributed by atoms with Crippen molar-refractivity contribution in [2.45, 2.75) is 6.92 Å². The van der Waals surface area contributed by atoms with E-state index in [-0.39, 0.29) is 32.7 Å². The first-order valence-corrected chi connectivity index (χ1v) is 3.04. The number of hydrogen-bond donors (Lipinski definition) is 2. The Balaban J connectivity index is 0.000001000. The van der Waals surface area contributed by atoms with Gasteiger partial charge in [-0.2, -0.15) is 29.8 Å². The van der Waals surface area contributed by atoms with Gasteiger partial charge in [-0.05, 0) is 0 Å². The van der Waals surface area contributed by atoms with Gasteiger partial charge >= 0.3 is 7.12 Å². The van der Waals surface area contributed by atoms with Crippen LogP contribution < -0.4 is 5.46 Å². The van der Waals surface area contributed by atoms with Gasteiger partial charge in [0.15, 0.2) is 0 Å². The molecular weight excluding hydrogens is 216 g/mol. The van der Waals surface area contributed by atoms with Gasteiger partial charge in [0, 0.05) is 32.7 Å². The smallest absolute Gasteiger partial charge is 0.412 e. The molecule has 0 amide bonds. The maximum atomic E-state index is 8.65. The average molecular weight is 224 g/mol. The summed E-state index contributed by atoms with van der Waals surface area (Å²) in [7, 11) is -1.38.